The first-order valence-corrected chi connectivity index (χ1v) is 4.39. The highest BCUT2D eigenvalue weighted by Gasteiger charge is 2.54. The molecule has 0 N–H and O–H groups in total. The summed E-state index contributed by atoms with van der Waals surface area (Å²) in [5, 5.41) is 0. The van der Waals surface area contributed by atoms with Crippen molar-refractivity contribution in [3.8, 4) is 0 Å². The summed E-state index contributed by atoms with van der Waals surface area (Å²) in [6, 6.07) is 0. The van der Waals surface area contributed by atoms with E-state index in [9.17, 15) is 0 Å². The van der Waals surface area contributed by atoms with Crippen molar-refractivity contribution in [3.05, 3.63) is 23.3 Å². The third-order valence-electron chi connectivity index (χ3n) is 3.84. The molecule has 0 radical (unpaired) electrons. The van der Waals surface area contributed by atoms with Crippen LogP contribution < -0.4 is 0 Å². The van der Waals surface area contributed by atoms with Crippen molar-refractivity contribution in [2.24, 2.45) is 10.8 Å². The van der Waals surface area contributed by atoms with Gasteiger partial charge in [0.1, 0.15) is 0 Å². The van der Waals surface area contributed by atoms with Crippen LogP contribution in [0.2, 0.25) is 0 Å². The summed E-state index contributed by atoms with van der Waals surface area (Å²) in [5.74, 6) is 0. The quantitative estimate of drug-likeness (QED) is 0.494. The molecule has 0 heterocycles. The van der Waals surface area contributed by atoms with Gasteiger partial charge in [-0.25, -0.2) is 0 Å². The first kappa shape index (κ1) is 7.15. The van der Waals surface area contributed by atoms with E-state index in [-0.39, 0.29) is 0 Å². The molecule has 11 heavy (non-hydrogen) atoms. The van der Waals surface area contributed by atoms with Gasteiger partial charge in [0.15, 0.2) is 0 Å². The number of fused-ring (bicyclic) bond motifs is 1. The van der Waals surface area contributed by atoms with Crippen LogP contribution in [0.15, 0.2) is 23.3 Å². The van der Waals surface area contributed by atoms with Gasteiger partial charge in [0.05, 0.1) is 0 Å². The molecular formula is C11H16. The summed E-state index contributed by atoms with van der Waals surface area (Å²) < 4.78 is 0. The summed E-state index contributed by atoms with van der Waals surface area (Å²) in [6.07, 6.45) is 5.92. The zero-order chi connectivity index (χ0) is 8.28. The van der Waals surface area contributed by atoms with Crippen LogP contribution in [0.4, 0.5) is 0 Å². The van der Waals surface area contributed by atoms with Crippen LogP contribution >= 0.6 is 0 Å². The molecule has 1 saturated carbocycles. The average molecular weight is 148 g/mol. The van der Waals surface area contributed by atoms with E-state index in [0.717, 1.165) is 6.42 Å². The fraction of sp³-hybridized carbons (Fsp3) is 0.636. The molecule has 0 aromatic rings. The zero-order valence-corrected chi connectivity index (χ0v) is 7.86. The summed E-state index contributed by atoms with van der Waals surface area (Å²) in [5.41, 5.74) is 4.02. The lowest BCUT2D eigenvalue weighted by Crippen LogP contribution is -2.46. The van der Waals surface area contributed by atoms with Gasteiger partial charge in [-0.15, -0.1) is 0 Å². The third kappa shape index (κ3) is 0.571. The van der Waals surface area contributed by atoms with Crippen molar-refractivity contribution >= 4 is 0 Å². The second-order valence-electron chi connectivity index (χ2n) is 4.72. The molecule has 0 spiro atoms. The molecular weight excluding hydrogens is 132 g/mol. The van der Waals surface area contributed by atoms with Crippen LogP contribution in [-0.2, 0) is 0 Å². The lowest BCUT2D eigenvalue weighted by Gasteiger charge is -2.56. The van der Waals surface area contributed by atoms with Crippen LogP contribution in [0.3, 0.4) is 0 Å². The maximum absolute atomic E-state index is 2.38. The molecule has 0 saturated heterocycles. The van der Waals surface area contributed by atoms with E-state index in [1.807, 2.05) is 0 Å². The van der Waals surface area contributed by atoms with Crippen molar-refractivity contribution in [2.75, 3.05) is 0 Å². The molecule has 0 nitrogen and oxygen atoms in total. The van der Waals surface area contributed by atoms with Crippen molar-refractivity contribution in [1.82, 2.24) is 0 Å². The highest BCUT2D eigenvalue weighted by atomic mass is 14.6. The number of hydrogen-bond donors (Lipinski definition) is 0. The van der Waals surface area contributed by atoms with Gasteiger partial charge in [0.25, 0.3) is 0 Å². The topological polar surface area (TPSA) is 0 Å². The molecule has 60 valence electrons. The molecule has 0 aromatic heterocycles. The lowest BCUT2D eigenvalue weighted by atomic mass is 9.48. The fourth-order valence-electron chi connectivity index (χ4n) is 2.31. The molecule has 1 fully saturated rings. The Labute approximate surface area is 69.0 Å². The van der Waals surface area contributed by atoms with Gasteiger partial charge in [0, 0.05) is 0 Å². The molecule has 0 aliphatic heterocycles. The molecule has 0 amide bonds. The molecule has 2 aliphatic rings. The standard InChI is InChI=1S/C11H16/c1-10(2)8-6-5-7-9(8)11(10,3)4/h6-7H,5H2,1-4H3. The van der Waals surface area contributed by atoms with Gasteiger partial charge >= 0.3 is 0 Å². The van der Waals surface area contributed by atoms with Crippen LogP contribution in [0, 0.1) is 10.8 Å². The second kappa shape index (κ2) is 1.63. The van der Waals surface area contributed by atoms with Gasteiger partial charge < -0.3 is 0 Å². The van der Waals surface area contributed by atoms with Gasteiger partial charge in [-0.3, -0.25) is 0 Å². The van der Waals surface area contributed by atoms with E-state index >= 15 is 0 Å². The largest absolute Gasteiger partial charge is 0.0766 e. The van der Waals surface area contributed by atoms with E-state index in [0.29, 0.717) is 10.8 Å². The van der Waals surface area contributed by atoms with Crippen molar-refractivity contribution < 1.29 is 0 Å². The summed E-state index contributed by atoms with van der Waals surface area (Å²) in [4.78, 5) is 0. The minimum atomic E-state index is 0.412. The molecule has 2 aliphatic carbocycles. The normalized spacial score (nSPS) is 30.2. The molecule has 0 unspecified atom stereocenters. The van der Waals surface area contributed by atoms with E-state index in [1.165, 1.54) is 0 Å². The Kier molecular flexibility index (Phi) is 1.06. The number of allylic oxidation sites excluding steroid dienone is 4. The number of hydrogen-bond acceptors (Lipinski definition) is 0. The van der Waals surface area contributed by atoms with Crippen molar-refractivity contribution in [1.29, 1.82) is 0 Å². The Morgan fingerprint density at radius 3 is 1.64 bits per heavy atom. The van der Waals surface area contributed by atoms with Crippen molar-refractivity contribution in [2.45, 2.75) is 34.1 Å². The predicted molar refractivity (Wildman–Crippen MR) is 48.3 cm³/mol. The smallest absolute Gasteiger partial charge is 0.00123 e. The van der Waals surface area contributed by atoms with Crippen LogP contribution in [0.25, 0.3) is 0 Å². The van der Waals surface area contributed by atoms with E-state index in [4.69, 9.17) is 0 Å². The van der Waals surface area contributed by atoms with Crippen LogP contribution in [0.1, 0.15) is 34.1 Å². The molecule has 0 aromatic carbocycles. The monoisotopic (exact) mass is 148 g/mol. The minimum absolute atomic E-state index is 0.412. The molecule has 0 atom stereocenters. The van der Waals surface area contributed by atoms with Crippen LogP contribution in [-0.4, -0.2) is 0 Å². The van der Waals surface area contributed by atoms with Gasteiger partial charge in [0.2, 0.25) is 0 Å². The second-order valence-corrected chi connectivity index (χ2v) is 4.72. The summed E-state index contributed by atoms with van der Waals surface area (Å²) >= 11 is 0. The zero-order valence-electron chi connectivity index (χ0n) is 7.86. The van der Waals surface area contributed by atoms with E-state index in [1.54, 1.807) is 11.1 Å². The van der Waals surface area contributed by atoms with Gasteiger partial charge in [-0.05, 0) is 28.4 Å². The fourth-order valence-corrected chi connectivity index (χ4v) is 2.31. The summed E-state index contributed by atoms with van der Waals surface area (Å²) in [7, 11) is 0. The Morgan fingerprint density at radius 2 is 1.27 bits per heavy atom. The predicted octanol–water partition coefficient (Wildman–Crippen LogP) is 3.31. The highest BCUT2D eigenvalue weighted by Crippen LogP contribution is 2.65. The molecule has 0 bridgehead atoms. The lowest BCUT2D eigenvalue weighted by molar-refractivity contribution is 0.140. The third-order valence-corrected chi connectivity index (χ3v) is 3.84. The SMILES string of the molecule is CC1(C)C2=CCC=C2C1(C)C. The maximum atomic E-state index is 2.38. The molecule has 2 rings (SSSR count). The van der Waals surface area contributed by atoms with Crippen LogP contribution in [0.5, 0.6) is 0 Å². The first-order valence-electron chi connectivity index (χ1n) is 4.39. The Hall–Kier alpha value is -0.520. The molecule has 0 heteroatoms. The van der Waals surface area contributed by atoms with Crippen molar-refractivity contribution in [3.63, 3.8) is 0 Å². The minimum Gasteiger partial charge on any atom is -0.0766 e. The Balaban J connectivity index is 2.50. The summed E-state index contributed by atoms with van der Waals surface area (Å²) in [6.45, 7) is 9.39. The van der Waals surface area contributed by atoms with Gasteiger partial charge in [-0.2, -0.15) is 0 Å². The first-order chi connectivity index (χ1) is 4.98. The Morgan fingerprint density at radius 1 is 0.909 bits per heavy atom. The average Bonchev–Trinajstić information content (AvgIpc) is 2.32. The number of rotatable bonds is 0. The Bertz CT molecular complexity index is 234. The van der Waals surface area contributed by atoms with E-state index in [2.05, 4.69) is 39.8 Å². The highest BCUT2D eigenvalue weighted by molar-refractivity contribution is 5.56. The maximum Gasteiger partial charge on any atom is -0.00123 e. The van der Waals surface area contributed by atoms with Gasteiger partial charge in [-0.1, -0.05) is 39.8 Å². The van der Waals surface area contributed by atoms with E-state index < -0.39 is 0 Å².